The molecule has 4 nitrogen and oxygen atoms in total. The van der Waals surface area contributed by atoms with Gasteiger partial charge in [-0.15, -0.1) is 0 Å². The number of nitrogens with one attached hydrogen (secondary N) is 1. The molecule has 5 rings (SSSR count). The number of halogens is 1. The van der Waals surface area contributed by atoms with Crippen LogP contribution in [0.5, 0.6) is 0 Å². The molecule has 0 amide bonds. The number of aromatic nitrogens is 2. The van der Waals surface area contributed by atoms with Crippen LogP contribution in [0.3, 0.4) is 0 Å². The van der Waals surface area contributed by atoms with Crippen LogP contribution in [0.4, 0.5) is 5.69 Å². The number of pyridine rings is 1. The number of hydrogen-bond donors (Lipinski definition) is 1. The van der Waals surface area contributed by atoms with Crippen LogP contribution < -0.4 is 10.2 Å². The van der Waals surface area contributed by atoms with E-state index in [-0.39, 0.29) is 12.1 Å². The maximum absolute atomic E-state index is 6.40. The molecule has 2 aromatic carbocycles. The van der Waals surface area contributed by atoms with Gasteiger partial charge in [-0.1, -0.05) is 42.8 Å². The third kappa shape index (κ3) is 4.24. The maximum atomic E-state index is 6.40. The molecule has 4 aromatic rings. The molecule has 1 aliphatic rings. The Kier molecular flexibility index (Phi) is 6.39. The second-order valence-corrected chi connectivity index (χ2v) is 9.93. The van der Waals surface area contributed by atoms with E-state index in [1.807, 2.05) is 30.5 Å². The van der Waals surface area contributed by atoms with Crippen LogP contribution in [0.1, 0.15) is 52.8 Å². The second-order valence-electron chi connectivity index (χ2n) is 9.11. The third-order valence-electron chi connectivity index (χ3n) is 6.92. The van der Waals surface area contributed by atoms with Crippen LogP contribution in [-0.4, -0.2) is 14.7 Å². The van der Waals surface area contributed by atoms with Gasteiger partial charge in [0, 0.05) is 34.0 Å². The average Bonchev–Trinajstić information content (AvgIpc) is 3.36. The van der Waals surface area contributed by atoms with E-state index in [0.717, 1.165) is 34.2 Å². The van der Waals surface area contributed by atoms with Crippen LogP contribution in [0.25, 0.3) is 5.69 Å². The van der Waals surface area contributed by atoms with E-state index < -0.39 is 0 Å². The van der Waals surface area contributed by atoms with Crippen molar-refractivity contribution in [1.82, 2.24) is 14.9 Å². The summed E-state index contributed by atoms with van der Waals surface area (Å²) in [6.07, 6.45) is 2.84. The molecule has 0 aliphatic carbocycles. The van der Waals surface area contributed by atoms with Crippen molar-refractivity contribution in [1.29, 1.82) is 0 Å². The number of hydrogen-bond acceptors (Lipinski definition) is 2. The lowest BCUT2D eigenvalue weighted by atomic mass is 9.96. The summed E-state index contributed by atoms with van der Waals surface area (Å²) in [5.74, 6) is 0. The lowest BCUT2D eigenvalue weighted by Gasteiger charge is -2.28. The van der Waals surface area contributed by atoms with Crippen molar-refractivity contribution in [2.45, 2.75) is 46.2 Å². The molecule has 1 saturated heterocycles. The van der Waals surface area contributed by atoms with Crippen LogP contribution in [-0.2, 0) is 6.42 Å². The molecular weight excluding hydrogens is 472 g/mol. The van der Waals surface area contributed by atoms with Gasteiger partial charge in [0.2, 0.25) is 0 Å². The predicted octanol–water partition coefficient (Wildman–Crippen LogP) is 7.19. The standard InChI is InChI=1S/C29H29ClN4S/c1-5-21-10-13-23(14-11-21)34-28(27(32-29(34)35)25-8-6-7-15-31-25)24-16-19(3)33(20(24)4)26-17-22(30)12-9-18(26)2/h6-17,27-28H,5H2,1-4H3,(H,32,35)/t27-,28-/m1/s1. The zero-order chi connectivity index (χ0) is 24.7. The van der Waals surface area contributed by atoms with Gasteiger partial charge in [-0.05, 0) is 98.6 Å². The Morgan fingerprint density at radius 3 is 2.46 bits per heavy atom. The number of aryl methyl sites for hydroxylation is 3. The van der Waals surface area contributed by atoms with Gasteiger partial charge in [-0.3, -0.25) is 4.98 Å². The number of anilines is 1. The van der Waals surface area contributed by atoms with E-state index in [4.69, 9.17) is 28.8 Å². The Balaban J connectivity index is 1.68. The SMILES string of the molecule is CCc1ccc(N2C(=S)N[C@H](c3ccccn3)[C@H]2c2cc(C)n(-c3cc(Cl)ccc3C)c2C)cc1. The fraction of sp³-hybridized carbons (Fsp3) is 0.241. The molecular formula is C29H29ClN4S. The summed E-state index contributed by atoms with van der Waals surface area (Å²) in [6, 6.07) is 22.9. The zero-order valence-electron chi connectivity index (χ0n) is 20.4. The molecule has 0 bridgehead atoms. The van der Waals surface area contributed by atoms with Gasteiger partial charge < -0.3 is 14.8 Å². The fourth-order valence-electron chi connectivity index (χ4n) is 5.12. The van der Waals surface area contributed by atoms with Crippen LogP contribution in [0, 0.1) is 20.8 Å². The van der Waals surface area contributed by atoms with Crippen molar-refractivity contribution in [2.75, 3.05) is 4.90 Å². The summed E-state index contributed by atoms with van der Waals surface area (Å²) in [5, 5.41) is 5.01. The van der Waals surface area contributed by atoms with Crippen LogP contribution in [0.2, 0.25) is 5.02 Å². The van der Waals surface area contributed by atoms with Gasteiger partial charge in [-0.25, -0.2) is 0 Å². The minimum absolute atomic E-state index is 0.0516. The summed E-state index contributed by atoms with van der Waals surface area (Å²) in [5.41, 5.74) is 9.16. The first kappa shape index (κ1) is 23.6. The van der Waals surface area contributed by atoms with E-state index in [2.05, 4.69) is 84.9 Å². The van der Waals surface area contributed by atoms with E-state index in [1.54, 1.807) is 0 Å². The molecule has 6 heteroatoms. The van der Waals surface area contributed by atoms with Gasteiger partial charge in [0.15, 0.2) is 5.11 Å². The average molecular weight is 501 g/mol. The largest absolute Gasteiger partial charge is 0.351 e. The number of nitrogens with zero attached hydrogens (tertiary/aromatic N) is 3. The topological polar surface area (TPSA) is 33.1 Å². The summed E-state index contributed by atoms with van der Waals surface area (Å²) < 4.78 is 2.30. The van der Waals surface area contributed by atoms with E-state index >= 15 is 0 Å². The Bertz CT molecular complexity index is 1380. The summed E-state index contributed by atoms with van der Waals surface area (Å²) in [4.78, 5) is 6.94. The van der Waals surface area contributed by atoms with Crippen molar-refractivity contribution >= 4 is 34.6 Å². The van der Waals surface area contributed by atoms with E-state index in [1.165, 1.54) is 22.4 Å². The molecule has 0 unspecified atom stereocenters. The number of rotatable bonds is 5. The number of thiocarbonyl (C=S) groups is 1. The molecule has 1 aliphatic heterocycles. The van der Waals surface area contributed by atoms with Gasteiger partial charge in [0.25, 0.3) is 0 Å². The lowest BCUT2D eigenvalue weighted by molar-refractivity contribution is 0.565. The Morgan fingerprint density at radius 2 is 1.77 bits per heavy atom. The second kappa shape index (κ2) is 9.48. The third-order valence-corrected chi connectivity index (χ3v) is 7.47. The van der Waals surface area contributed by atoms with Crippen molar-refractivity contribution in [3.05, 3.63) is 112 Å². The highest BCUT2D eigenvalue weighted by Crippen LogP contribution is 2.44. The molecule has 0 saturated carbocycles. The Hall–Kier alpha value is -3.15. The molecule has 3 heterocycles. The van der Waals surface area contributed by atoms with Crippen molar-refractivity contribution in [3.8, 4) is 5.69 Å². The van der Waals surface area contributed by atoms with Gasteiger partial charge in [0.05, 0.1) is 17.8 Å². The predicted molar refractivity (Wildman–Crippen MR) is 149 cm³/mol. The quantitative estimate of drug-likeness (QED) is 0.294. The van der Waals surface area contributed by atoms with E-state index in [0.29, 0.717) is 5.11 Å². The monoisotopic (exact) mass is 500 g/mol. The first-order valence-electron chi connectivity index (χ1n) is 11.9. The minimum atomic E-state index is -0.0797. The van der Waals surface area contributed by atoms with Crippen LogP contribution >= 0.6 is 23.8 Å². The molecule has 2 atom stereocenters. The van der Waals surface area contributed by atoms with Gasteiger partial charge >= 0.3 is 0 Å². The lowest BCUT2D eigenvalue weighted by Crippen LogP contribution is -2.29. The maximum Gasteiger partial charge on any atom is 0.174 e. The molecule has 1 N–H and O–H groups in total. The first-order chi connectivity index (χ1) is 16.9. The number of benzene rings is 2. The zero-order valence-corrected chi connectivity index (χ0v) is 22.0. The molecule has 35 heavy (non-hydrogen) atoms. The molecule has 0 radical (unpaired) electrons. The summed E-state index contributed by atoms with van der Waals surface area (Å²) in [7, 11) is 0. The smallest absolute Gasteiger partial charge is 0.174 e. The minimum Gasteiger partial charge on any atom is -0.351 e. The molecule has 2 aromatic heterocycles. The summed E-state index contributed by atoms with van der Waals surface area (Å²) >= 11 is 12.3. The van der Waals surface area contributed by atoms with Gasteiger partial charge in [0.1, 0.15) is 0 Å². The molecule has 0 spiro atoms. The highest BCUT2D eigenvalue weighted by atomic mass is 35.5. The van der Waals surface area contributed by atoms with E-state index in [9.17, 15) is 0 Å². The highest BCUT2D eigenvalue weighted by Gasteiger charge is 2.42. The summed E-state index contributed by atoms with van der Waals surface area (Å²) in [6.45, 7) is 8.62. The first-order valence-corrected chi connectivity index (χ1v) is 12.7. The van der Waals surface area contributed by atoms with Crippen molar-refractivity contribution in [2.24, 2.45) is 0 Å². The van der Waals surface area contributed by atoms with Crippen molar-refractivity contribution in [3.63, 3.8) is 0 Å². The molecule has 1 fully saturated rings. The highest BCUT2D eigenvalue weighted by molar-refractivity contribution is 7.80. The fourth-order valence-corrected chi connectivity index (χ4v) is 5.63. The van der Waals surface area contributed by atoms with Gasteiger partial charge in [-0.2, -0.15) is 0 Å². The Labute approximate surface area is 217 Å². The van der Waals surface area contributed by atoms with Crippen molar-refractivity contribution < 1.29 is 0 Å². The molecule has 178 valence electrons. The van der Waals surface area contributed by atoms with Crippen LogP contribution in [0.15, 0.2) is 72.9 Å². The normalized spacial score (nSPS) is 17.6. The Morgan fingerprint density at radius 1 is 1.00 bits per heavy atom.